The molecule has 0 saturated heterocycles. The first-order valence-electron chi connectivity index (χ1n) is 8.99. The monoisotopic (exact) mass is 304 g/mol. The summed E-state index contributed by atoms with van der Waals surface area (Å²) in [6, 6.07) is 0. The SMILES string of the molecule is CC(=O)CCC1=C(C(C)C)CCC1(C)CC1C(=O)CCC1C. The molecule has 0 amide bonds. The van der Waals surface area contributed by atoms with Gasteiger partial charge in [0.25, 0.3) is 0 Å². The first-order chi connectivity index (χ1) is 10.2. The van der Waals surface area contributed by atoms with E-state index in [0.717, 1.165) is 38.5 Å². The van der Waals surface area contributed by atoms with Gasteiger partial charge in [-0.1, -0.05) is 38.8 Å². The Morgan fingerprint density at radius 3 is 2.50 bits per heavy atom. The number of carbonyl (C=O) groups excluding carboxylic acids is 2. The molecule has 0 heterocycles. The molecule has 0 aromatic heterocycles. The standard InChI is InChI=1S/C20H32O2/c1-13(2)16-10-11-20(5,18(16)8-7-15(4)21)12-17-14(3)6-9-19(17)22/h13-14,17H,6-12H2,1-5H3. The highest BCUT2D eigenvalue weighted by atomic mass is 16.1. The molecule has 2 nitrogen and oxygen atoms in total. The fourth-order valence-corrected chi connectivity index (χ4v) is 4.60. The summed E-state index contributed by atoms with van der Waals surface area (Å²) in [5, 5.41) is 0. The topological polar surface area (TPSA) is 34.1 Å². The fraction of sp³-hybridized carbons (Fsp3) is 0.800. The van der Waals surface area contributed by atoms with Crippen molar-refractivity contribution in [3.63, 3.8) is 0 Å². The Morgan fingerprint density at radius 2 is 2.00 bits per heavy atom. The van der Waals surface area contributed by atoms with E-state index in [-0.39, 0.29) is 17.1 Å². The molecular weight excluding hydrogens is 272 g/mol. The van der Waals surface area contributed by atoms with E-state index in [2.05, 4.69) is 27.7 Å². The highest BCUT2D eigenvalue weighted by Crippen LogP contribution is 2.52. The third-order valence-corrected chi connectivity index (χ3v) is 6.10. The summed E-state index contributed by atoms with van der Waals surface area (Å²) in [6.07, 6.45) is 6.68. The Hall–Kier alpha value is -0.920. The van der Waals surface area contributed by atoms with Crippen molar-refractivity contribution in [1.29, 1.82) is 0 Å². The van der Waals surface area contributed by atoms with Crippen molar-refractivity contribution < 1.29 is 9.59 Å². The average Bonchev–Trinajstić information content (AvgIpc) is 2.91. The zero-order valence-electron chi connectivity index (χ0n) is 15.0. The first-order valence-corrected chi connectivity index (χ1v) is 8.99. The zero-order chi connectivity index (χ0) is 16.5. The third-order valence-electron chi connectivity index (χ3n) is 6.10. The highest BCUT2D eigenvalue weighted by Gasteiger charge is 2.42. The molecule has 1 saturated carbocycles. The van der Waals surface area contributed by atoms with Crippen LogP contribution < -0.4 is 0 Å². The molecular formula is C20H32O2. The number of ketones is 2. The van der Waals surface area contributed by atoms with Crippen LogP contribution in [0.1, 0.15) is 79.6 Å². The van der Waals surface area contributed by atoms with E-state index in [1.165, 1.54) is 5.57 Å². The molecule has 3 atom stereocenters. The van der Waals surface area contributed by atoms with Gasteiger partial charge in [-0.25, -0.2) is 0 Å². The molecule has 0 spiro atoms. The van der Waals surface area contributed by atoms with Crippen molar-refractivity contribution in [2.45, 2.75) is 79.6 Å². The lowest BCUT2D eigenvalue weighted by atomic mass is 9.71. The zero-order valence-corrected chi connectivity index (χ0v) is 15.0. The second-order valence-corrected chi connectivity index (χ2v) is 8.21. The minimum Gasteiger partial charge on any atom is -0.300 e. The molecule has 1 fully saturated rings. The van der Waals surface area contributed by atoms with Gasteiger partial charge in [-0.15, -0.1) is 0 Å². The van der Waals surface area contributed by atoms with Gasteiger partial charge in [-0.05, 0) is 56.3 Å². The number of allylic oxidation sites excluding steroid dienone is 2. The maximum atomic E-state index is 12.2. The summed E-state index contributed by atoms with van der Waals surface area (Å²) in [5.41, 5.74) is 3.19. The number of hydrogen-bond donors (Lipinski definition) is 0. The second-order valence-electron chi connectivity index (χ2n) is 8.21. The minimum absolute atomic E-state index is 0.133. The smallest absolute Gasteiger partial charge is 0.136 e. The molecule has 3 unspecified atom stereocenters. The lowest BCUT2D eigenvalue weighted by molar-refractivity contribution is -0.122. The first kappa shape index (κ1) is 17.4. The predicted octanol–water partition coefficient (Wildman–Crippen LogP) is 5.11. The number of hydrogen-bond acceptors (Lipinski definition) is 2. The van der Waals surface area contributed by atoms with Crippen LogP contribution >= 0.6 is 0 Å². The van der Waals surface area contributed by atoms with Crippen LogP contribution in [-0.4, -0.2) is 11.6 Å². The van der Waals surface area contributed by atoms with Crippen LogP contribution in [0, 0.1) is 23.2 Å². The van der Waals surface area contributed by atoms with Gasteiger partial charge < -0.3 is 4.79 Å². The van der Waals surface area contributed by atoms with Crippen LogP contribution in [0.2, 0.25) is 0 Å². The van der Waals surface area contributed by atoms with Crippen molar-refractivity contribution in [1.82, 2.24) is 0 Å². The molecule has 0 N–H and O–H groups in total. The molecule has 2 aliphatic rings. The van der Waals surface area contributed by atoms with Crippen molar-refractivity contribution in [3.05, 3.63) is 11.1 Å². The van der Waals surface area contributed by atoms with Crippen LogP contribution in [0.3, 0.4) is 0 Å². The molecule has 2 heteroatoms. The van der Waals surface area contributed by atoms with Crippen LogP contribution in [0.4, 0.5) is 0 Å². The van der Waals surface area contributed by atoms with E-state index in [0.29, 0.717) is 24.0 Å². The third kappa shape index (κ3) is 3.52. The van der Waals surface area contributed by atoms with Gasteiger partial charge in [0.1, 0.15) is 11.6 Å². The van der Waals surface area contributed by atoms with E-state index in [9.17, 15) is 9.59 Å². The summed E-state index contributed by atoms with van der Waals surface area (Å²) in [7, 11) is 0. The maximum Gasteiger partial charge on any atom is 0.136 e. The van der Waals surface area contributed by atoms with Gasteiger partial charge in [-0.2, -0.15) is 0 Å². The van der Waals surface area contributed by atoms with E-state index < -0.39 is 0 Å². The summed E-state index contributed by atoms with van der Waals surface area (Å²) < 4.78 is 0. The Balaban J connectivity index is 2.22. The lowest BCUT2D eigenvalue weighted by Crippen LogP contribution is -2.25. The van der Waals surface area contributed by atoms with Crippen molar-refractivity contribution >= 4 is 11.6 Å². The Morgan fingerprint density at radius 1 is 1.32 bits per heavy atom. The fourth-order valence-electron chi connectivity index (χ4n) is 4.60. The van der Waals surface area contributed by atoms with Crippen LogP contribution in [0.25, 0.3) is 0 Å². The van der Waals surface area contributed by atoms with E-state index >= 15 is 0 Å². The van der Waals surface area contributed by atoms with E-state index in [1.54, 1.807) is 12.5 Å². The molecule has 0 radical (unpaired) electrons. The Labute approximate surface area is 135 Å². The summed E-state index contributed by atoms with van der Waals surface area (Å²) in [4.78, 5) is 23.7. The van der Waals surface area contributed by atoms with E-state index in [4.69, 9.17) is 0 Å². The average molecular weight is 304 g/mol. The van der Waals surface area contributed by atoms with Crippen molar-refractivity contribution in [2.24, 2.45) is 23.2 Å². The summed E-state index contributed by atoms with van der Waals surface area (Å²) in [5.74, 6) is 2.07. The predicted molar refractivity (Wildman–Crippen MR) is 90.6 cm³/mol. The quantitative estimate of drug-likeness (QED) is 0.639. The highest BCUT2D eigenvalue weighted by molar-refractivity contribution is 5.83. The van der Waals surface area contributed by atoms with Gasteiger partial charge >= 0.3 is 0 Å². The molecule has 22 heavy (non-hydrogen) atoms. The Bertz CT molecular complexity index is 486. The largest absolute Gasteiger partial charge is 0.300 e. The van der Waals surface area contributed by atoms with Crippen LogP contribution in [0.15, 0.2) is 11.1 Å². The molecule has 124 valence electrons. The summed E-state index contributed by atoms with van der Waals surface area (Å²) in [6.45, 7) is 10.8. The Kier molecular flexibility index (Phi) is 5.29. The van der Waals surface area contributed by atoms with Gasteiger partial charge in [0.2, 0.25) is 0 Å². The molecule has 0 aromatic rings. The number of rotatable bonds is 6. The van der Waals surface area contributed by atoms with Gasteiger partial charge in [0.15, 0.2) is 0 Å². The van der Waals surface area contributed by atoms with Crippen molar-refractivity contribution in [3.8, 4) is 0 Å². The van der Waals surface area contributed by atoms with Gasteiger partial charge in [0.05, 0.1) is 0 Å². The molecule has 0 aliphatic heterocycles. The molecule has 2 aliphatic carbocycles. The maximum absolute atomic E-state index is 12.2. The molecule has 2 rings (SSSR count). The molecule has 0 aromatic carbocycles. The number of Topliss-reactive ketones (excluding diaryl/α,β-unsaturated/α-hetero) is 2. The minimum atomic E-state index is 0.133. The lowest BCUT2D eigenvalue weighted by Gasteiger charge is -2.32. The van der Waals surface area contributed by atoms with Crippen molar-refractivity contribution in [2.75, 3.05) is 0 Å². The van der Waals surface area contributed by atoms with E-state index in [1.807, 2.05) is 0 Å². The second kappa shape index (κ2) is 6.68. The summed E-state index contributed by atoms with van der Waals surface area (Å²) >= 11 is 0. The number of carbonyl (C=O) groups is 2. The van der Waals surface area contributed by atoms with Crippen LogP contribution in [-0.2, 0) is 9.59 Å². The van der Waals surface area contributed by atoms with Gasteiger partial charge in [0, 0.05) is 18.8 Å². The molecule has 0 bridgehead atoms. The van der Waals surface area contributed by atoms with Gasteiger partial charge in [-0.3, -0.25) is 4.79 Å². The normalized spacial score (nSPS) is 32.4. The van der Waals surface area contributed by atoms with Crippen LogP contribution in [0.5, 0.6) is 0 Å².